The van der Waals surface area contributed by atoms with Gasteiger partial charge in [0, 0.05) is 6.61 Å². The predicted octanol–water partition coefficient (Wildman–Crippen LogP) is 2.88. The molecule has 0 amide bonds. The van der Waals surface area contributed by atoms with E-state index in [0.717, 1.165) is 49.6 Å². The van der Waals surface area contributed by atoms with Crippen LogP contribution in [0.15, 0.2) is 24.3 Å². The third-order valence-corrected chi connectivity index (χ3v) is 3.18. The van der Waals surface area contributed by atoms with Gasteiger partial charge in [-0.25, -0.2) is 0 Å². The van der Waals surface area contributed by atoms with E-state index >= 15 is 0 Å². The summed E-state index contributed by atoms with van der Waals surface area (Å²) in [5.74, 6) is 0.952. The van der Waals surface area contributed by atoms with Gasteiger partial charge in [-0.1, -0.05) is 24.6 Å². The standard InChI is InChI=1S/C16H28NO2/c1-5-12-18-13-10-17(3,4)11-14-19-16-8-6-15(2)7-9-16/h6-9H,5,10-14H2,1-4H3/q+1. The number of quaternary nitrogens is 1. The van der Waals surface area contributed by atoms with Gasteiger partial charge in [0.15, 0.2) is 0 Å². The van der Waals surface area contributed by atoms with E-state index in [-0.39, 0.29) is 0 Å². The summed E-state index contributed by atoms with van der Waals surface area (Å²) in [7, 11) is 4.43. The summed E-state index contributed by atoms with van der Waals surface area (Å²) in [6.45, 7) is 8.66. The molecule has 0 radical (unpaired) electrons. The average molecular weight is 266 g/mol. The Morgan fingerprint density at radius 2 is 1.58 bits per heavy atom. The Bertz CT molecular complexity index is 346. The first-order valence-corrected chi connectivity index (χ1v) is 7.13. The highest BCUT2D eigenvalue weighted by molar-refractivity contribution is 5.26. The van der Waals surface area contributed by atoms with E-state index in [1.54, 1.807) is 0 Å². The molecule has 1 aromatic carbocycles. The van der Waals surface area contributed by atoms with Crippen molar-refractivity contribution in [3.63, 3.8) is 0 Å². The topological polar surface area (TPSA) is 18.5 Å². The molecule has 0 unspecified atom stereocenters. The Morgan fingerprint density at radius 3 is 2.21 bits per heavy atom. The number of hydrogen-bond acceptors (Lipinski definition) is 2. The first kappa shape index (κ1) is 16.0. The second-order valence-corrected chi connectivity index (χ2v) is 5.66. The molecule has 3 nitrogen and oxygen atoms in total. The summed E-state index contributed by atoms with van der Waals surface area (Å²) < 4.78 is 12.2. The zero-order chi connectivity index (χ0) is 14.1. The summed E-state index contributed by atoms with van der Waals surface area (Å²) in [5, 5.41) is 0. The fourth-order valence-electron chi connectivity index (χ4n) is 1.71. The Balaban J connectivity index is 2.21. The van der Waals surface area contributed by atoms with Gasteiger partial charge in [-0.15, -0.1) is 0 Å². The Kier molecular flexibility index (Phi) is 6.89. The Morgan fingerprint density at radius 1 is 0.947 bits per heavy atom. The van der Waals surface area contributed by atoms with Crippen LogP contribution in [0.1, 0.15) is 18.9 Å². The van der Waals surface area contributed by atoms with Crippen molar-refractivity contribution >= 4 is 0 Å². The van der Waals surface area contributed by atoms with E-state index in [1.807, 2.05) is 12.1 Å². The highest BCUT2D eigenvalue weighted by atomic mass is 16.5. The number of likely N-dealkylation sites (N-methyl/N-ethyl adjacent to an activating group) is 1. The molecule has 0 saturated carbocycles. The van der Waals surface area contributed by atoms with E-state index in [9.17, 15) is 0 Å². The average Bonchev–Trinajstić information content (AvgIpc) is 2.37. The SMILES string of the molecule is CCCOCC[N+](C)(C)CCOc1ccc(C)cc1. The van der Waals surface area contributed by atoms with Crippen LogP contribution in [0.2, 0.25) is 0 Å². The molecule has 0 atom stereocenters. The molecule has 0 aliphatic heterocycles. The minimum Gasteiger partial charge on any atom is -0.488 e. The van der Waals surface area contributed by atoms with Gasteiger partial charge in [0.1, 0.15) is 25.4 Å². The molecule has 0 heterocycles. The highest BCUT2D eigenvalue weighted by Gasteiger charge is 2.14. The van der Waals surface area contributed by atoms with Crippen LogP contribution in [0.4, 0.5) is 0 Å². The molecule has 3 heteroatoms. The number of nitrogens with zero attached hydrogens (tertiary/aromatic N) is 1. The summed E-state index contributed by atoms with van der Waals surface area (Å²) >= 11 is 0. The zero-order valence-electron chi connectivity index (χ0n) is 12.8. The van der Waals surface area contributed by atoms with Crippen LogP contribution in [-0.2, 0) is 4.74 Å². The summed E-state index contributed by atoms with van der Waals surface area (Å²) in [4.78, 5) is 0. The number of benzene rings is 1. The van der Waals surface area contributed by atoms with Crippen LogP contribution in [0.5, 0.6) is 5.75 Å². The van der Waals surface area contributed by atoms with Crippen molar-refractivity contribution in [3.05, 3.63) is 29.8 Å². The monoisotopic (exact) mass is 266 g/mol. The number of ether oxygens (including phenoxy) is 2. The van der Waals surface area contributed by atoms with Crippen molar-refractivity contribution in [1.29, 1.82) is 0 Å². The van der Waals surface area contributed by atoms with Crippen LogP contribution < -0.4 is 4.74 Å². The van der Waals surface area contributed by atoms with Crippen molar-refractivity contribution in [1.82, 2.24) is 0 Å². The zero-order valence-corrected chi connectivity index (χ0v) is 12.8. The molecular formula is C16H28NO2+. The fourth-order valence-corrected chi connectivity index (χ4v) is 1.71. The summed E-state index contributed by atoms with van der Waals surface area (Å²) in [5.41, 5.74) is 1.26. The van der Waals surface area contributed by atoms with E-state index in [4.69, 9.17) is 9.47 Å². The van der Waals surface area contributed by atoms with Gasteiger partial charge in [-0.05, 0) is 25.5 Å². The maximum atomic E-state index is 5.77. The van der Waals surface area contributed by atoms with Gasteiger partial charge >= 0.3 is 0 Å². The molecule has 0 aliphatic rings. The van der Waals surface area contributed by atoms with Gasteiger partial charge in [-0.3, -0.25) is 0 Å². The van der Waals surface area contributed by atoms with Crippen molar-refractivity contribution in [2.24, 2.45) is 0 Å². The van der Waals surface area contributed by atoms with Crippen molar-refractivity contribution in [2.75, 3.05) is 47.0 Å². The Labute approximate surface area is 117 Å². The smallest absolute Gasteiger partial charge is 0.137 e. The van der Waals surface area contributed by atoms with E-state index in [2.05, 4.69) is 40.1 Å². The maximum Gasteiger partial charge on any atom is 0.137 e. The third-order valence-electron chi connectivity index (χ3n) is 3.18. The molecule has 0 spiro atoms. The maximum absolute atomic E-state index is 5.77. The molecule has 1 rings (SSSR count). The molecule has 0 bridgehead atoms. The van der Waals surface area contributed by atoms with Gasteiger partial charge in [0.05, 0.1) is 20.7 Å². The lowest BCUT2D eigenvalue weighted by molar-refractivity contribution is -0.890. The van der Waals surface area contributed by atoms with Gasteiger partial charge in [-0.2, -0.15) is 0 Å². The number of rotatable bonds is 9. The molecule has 0 fully saturated rings. The van der Waals surface area contributed by atoms with Gasteiger partial charge < -0.3 is 14.0 Å². The van der Waals surface area contributed by atoms with Gasteiger partial charge in [0.2, 0.25) is 0 Å². The van der Waals surface area contributed by atoms with E-state index in [0.29, 0.717) is 0 Å². The largest absolute Gasteiger partial charge is 0.488 e. The molecule has 0 aliphatic carbocycles. The van der Waals surface area contributed by atoms with Crippen LogP contribution in [0, 0.1) is 6.92 Å². The lowest BCUT2D eigenvalue weighted by Gasteiger charge is -2.29. The highest BCUT2D eigenvalue weighted by Crippen LogP contribution is 2.11. The quantitative estimate of drug-likeness (QED) is 0.505. The van der Waals surface area contributed by atoms with Crippen LogP contribution in [0.25, 0.3) is 0 Å². The minimum atomic E-state index is 0.740. The third kappa shape index (κ3) is 7.19. The first-order chi connectivity index (χ1) is 9.03. The normalized spacial score (nSPS) is 11.6. The molecule has 0 N–H and O–H groups in total. The van der Waals surface area contributed by atoms with Crippen LogP contribution in [0.3, 0.4) is 0 Å². The molecular weight excluding hydrogens is 238 g/mol. The van der Waals surface area contributed by atoms with E-state index in [1.165, 1.54) is 5.56 Å². The second-order valence-electron chi connectivity index (χ2n) is 5.66. The van der Waals surface area contributed by atoms with Crippen molar-refractivity contribution < 1.29 is 14.0 Å². The van der Waals surface area contributed by atoms with Crippen molar-refractivity contribution in [2.45, 2.75) is 20.3 Å². The molecule has 19 heavy (non-hydrogen) atoms. The predicted molar refractivity (Wildman–Crippen MR) is 79.6 cm³/mol. The van der Waals surface area contributed by atoms with Crippen LogP contribution >= 0.6 is 0 Å². The van der Waals surface area contributed by atoms with Gasteiger partial charge in [0.25, 0.3) is 0 Å². The van der Waals surface area contributed by atoms with Crippen LogP contribution in [-0.4, -0.2) is 51.5 Å². The first-order valence-electron chi connectivity index (χ1n) is 7.13. The number of hydrogen-bond donors (Lipinski definition) is 0. The Hall–Kier alpha value is -1.06. The van der Waals surface area contributed by atoms with E-state index < -0.39 is 0 Å². The lowest BCUT2D eigenvalue weighted by Crippen LogP contribution is -2.45. The number of aryl methyl sites for hydroxylation is 1. The minimum absolute atomic E-state index is 0.740. The summed E-state index contributed by atoms with van der Waals surface area (Å²) in [6.07, 6.45) is 1.09. The van der Waals surface area contributed by atoms with Crippen molar-refractivity contribution in [3.8, 4) is 5.75 Å². The molecule has 0 aromatic heterocycles. The lowest BCUT2D eigenvalue weighted by atomic mass is 10.2. The molecule has 0 saturated heterocycles. The molecule has 108 valence electrons. The fraction of sp³-hybridized carbons (Fsp3) is 0.625. The second kappa shape index (κ2) is 8.18. The molecule has 1 aromatic rings. The summed E-state index contributed by atoms with van der Waals surface area (Å²) in [6, 6.07) is 8.21.